The largest absolute Gasteiger partial charge is 0.389 e. The molecule has 0 aliphatic heterocycles. The molecule has 1 aromatic heterocycles. The first-order valence-electron chi connectivity index (χ1n) is 7.34. The lowest BCUT2D eigenvalue weighted by Crippen LogP contribution is -2.52. The highest BCUT2D eigenvalue weighted by molar-refractivity contribution is 9.10. The minimum atomic E-state index is -1.27. The molecular weight excluding hydrogens is 362 g/mol. The van der Waals surface area contributed by atoms with E-state index in [0.717, 1.165) is 10.0 Å². The van der Waals surface area contributed by atoms with Crippen LogP contribution in [0.2, 0.25) is 0 Å². The molecule has 6 nitrogen and oxygen atoms in total. The molecule has 23 heavy (non-hydrogen) atoms. The van der Waals surface area contributed by atoms with Crippen LogP contribution in [-0.4, -0.2) is 33.9 Å². The van der Waals surface area contributed by atoms with Crippen molar-refractivity contribution >= 4 is 21.8 Å². The number of hydrogen-bond acceptors (Lipinski definition) is 3. The maximum Gasteiger partial charge on any atom is 0.267 e. The van der Waals surface area contributed by atoms with Crippen LogP contribution in [0.25, 0.3) is 0 Å². The number of carbonyl (C=O) groups excluding carboxylic acids is 1. The Hall–Kier alpha value is -1.86. The minimum absolute atomic E-state index is 0.214. The van der Waals surface area contributed by atoms with Gasteiger partial charge in [-0.1, -0.05) is 28.1 Å². The second-order valence-electron chi connectivity index (χ2n) is 6.13. The standard InChI is InChI=1S/C16H18BrN3O3/c1-16(23)7-10-12(14(21)20-19-10)11(13(16)15(22)18-2)8-3-5-9(17)6-4-8/h3-6,11,13,23H,7H2,1-2H3,(H,18,22)(H2,19,20,21)/t11-,13+,16-/m1/s1. The number of aromatic nitrogens is 2. The van der Waals surface area contributed by atoms with Gasteiger partial charge < -0.3 is 15.5 Å². The van der Waals surface area contributed by atoms with Gasteiger partial charge in [-0.2, -0.15) is 0 Å². The van der Waals surface area contributed by atoms with Crippen LogP contribution in [0.3, 0.4) is 0 Å². The zero-order valence-corrected chi connectivity index (χ0v) is 14.4. The van der Waals surface area contributed by atoms with E-state index < -0.39 is 17.4 Å². The van der Waals surface area contributed by atoms with Gasteiger partial charge in [-0.05, 0) is 24.6 Å². The fourth-order valence-electron chi connectivity index (χ4n) is 3.48. The summed E-state index contributed by atoms with van der Waals surface area (Å²) in [5.41, 5.74) is 0.460. The summed E-state index contributed by atoms with van der Waals surface area (Å²) in [5, 5.41) is 18.9. The Morgan fingerprint density at radius 2 is 2.00 bits per heavy atom. The van der Waals surface area contributed by atoms with Gasteiger partial charge in [0.25, 0.3) is 5.56 Å². The molecule has 3 rings (SSSR count). The Labute approximate surface area is 141 Å². The second kappa shape index (κ2) is 5.65. The van der Waals surface area contributed by atoms with Gasteiger partial charge in [-0.3, -0.25) is 14.7 Å². The van der Waals surface area contributed by atoms with Crippen molar-refractivity contribution in [3.05, 3.63) is 55.9 Å². The summed E-state index contributed by atoms with van der Waals surface area (Å²) in [4.78, 5) is 24.7. The topological polar surface area (TPSA) is 98.0 Å². The van der Waals surface area contributed by atoms with Crippen molar-refractivity contribution in [3.63, 3.8) is 0 Å². The second-order valence-corrected chi connectivity index (χ2v) is 7.04. The van der Waals surface area contributed by atoms with Gasteiger partial charge in [-0.25, -0.2) is 0 Å². The first-order valence-corrected chi connectivity index (χ1v) is 8.13. The number of rotatable bonds is 2. The zero-order chi connectivity index (χ0) is 16.8. The lowest BCUT2D eigenvalue weighted by Gasteiger charge is -2.40. The molecule has 122 valence electrons. The van der Waals surface area contributed by atoms with Crippen molar-refractivity contribution < 1.29 is 9.90 Å². The van der Waals surface area contributed by atoms with Crippen LogP contribution in [0.15, 0.2) is 33.5 Å². The first kappa shape index (κ1) is 16.0. The highest BCUT2D eigenvalue weighted by Gasteiger charge is 2.49. The van der Waals surface area contributed by atoms with Crippen LogP contribution in [0.5, 0.6) is 0 Å². The minimum Gasteiger partial charge on any atom is -0.389 e. The van der Waals surface area contributed by atoms with E-state index in [0.29, 0.717) is 11.3 Å². The van der Waals surface area contributed by atoms with Crippen LogP contribution in [0, 0.1) is 5.92 Å². The lowest BCUT2D eigenvalue weighted by molar-refractivity contribution is -0.134. The van der Waals surface area contributed by atoms with Gasteiger partial charge in [-0.15, -0.1) is 0 Å². The molecule has 0 saturated heterocycles. The number of nitrogens with one attached hydrogen (secondary N) is 3. The predicted molar refractivity (Wildman–Crippen MR) is 89.3 cm³/mol. The Bertz CT molecular complexity index is 792. The molecule has 1 aromatic carbocycles. The highest BCUT2D eigenvalue weighted by Crippen LogP contribution is 2.44. The van der Waals surface area contributed by atoms with Gasteiger partial charge in [0.2, 0.25) is 5.91 Å². The maximum atomic E-state index is 12.5. The number of benzene rings is 1. The van der Waals surface area contributed by atoms with Crippen LogP contribution in [0.1, 0.15) is 29.7 Å². The van der Waals surface area contributed by atoms with E-state index in [1.54, 1.807) is 6.92 Å². The molecule has 4 N–H and O–H groups in total. The van der Waals surface area contributed by atoms with E-state index in [-0.39, 0.29) is 17.9 Å². The number of hydrogen-bond donors (Lipinski definition) is 4. The summed E-state index contributed by atoms with van der Waals surface area (Å²) < 4.78 is 0.906. The zero-order valence-electron chi connectivity index (χ0n) is 12.8. The molecule has 1 aliphatic rings. The van der Waals surface area contributed by atoms with Crippen molar-refractivity contribution in [1.82, 2.24) is 15.5 Å². The molecular formula is C16H18BrN3O3. The average Bonchev–Trinajstić information content (AvgIpc) is 2.85. The molecule has 1 heterocycles. The van der Waals surface area contributed by atoms with Gasteiger partial charge >= 0.3 is 0 Å². The number of carbonyl (C=O) groups is 1. The number of halogens is 1. The number of fused-ring (bicyclic) bond motifs is 1. The molecule has 0 fully saturated rings. The average molecular weight is 380 g/mol. The molecule has 0 spiro atoms. The van der Waals surface area contributed by atoms with E-state index in [1.165, 1.54) is 7.05 Å². The quantitative estimate of drug-likeness (QED) is 0.632. The number of amides is 1. The third kappa shape index (κ3) is 2.64. The fourth-order valence-corrected chi connectivity index (χ4v) is 3.75. The SMILES string of the molecule is CNC(=O)[C@@H]1[C@H](c2ccc(Br)cc2)c2c([nH][nH]c2=O)C[C@@]1(C)O. The van der Waals surface area contributed by atoms with Crippen molar-refractivity contribution in [2.45, 2.75) is 24.9 Å². The van der Waals surface area contributed by atoms with Crippen LogP contribution < -0.4 is 10.9 Å². The number of aromatic amines is 2. The molecule has 0 saturated carbocycles. The lowest BCUT2D eigenvalue weighted by atomic mass is 9.66. The molecule has 0 unspecified atom stereocenters. The molecule has 0 bridgehead atoms. The molecule has 1 amide bonds. The summed E-state index contributed by atoms with van der Waals surface area (Å²) in [6.45, 7) is 1.63. The predicted octanol–water partition coefficient (Wildman–Crippen LogP) is 1.27. The van der Waals surface area contributed by atoms with E-state index in [1.807, 2.05) is 24.3 Å². The molecule has 3 atom stereocenters. The molecule has 2 aromatic rings. The van der Waals surface area contributed by atoms with E-state index >= 15 is 0 Å². The van der Waals surface area contributed by atoms with Crippen LogP contribution in [-0.2, 0) is 11.2 Å². The van der Waals surface area contributed by atoms with Gasteiger partial charge in [0.1, 0.15) is 0 Å². The molecule has 1 aliphatic carbocycles. The monoisotopic (exact) mass is 379 g/mol. The van der Waals surface area contributed by atoms with E-state index in [2.05, 4.69) is 31.4 Å². The summed E-state index contributed by atoms with van der Waals surface area (Å²) >= 11 is 3.39. The first-order chi connectivity index (χ1) is 10.8. The fraction of sp³-hybridized carbons (Fsp3) is 0.375. The summed E-state index contributed by atoms with van der Waals surface area (Å²) in [6, 6.07) is 7.45. The van der Waals surface area contributed by atoms with Gasteiger partial charge in [0.05, 0.1) is 11.5 Å². The Kier molecular flexibility index (Phi) is 3.93. The summed E-state index contributed by atoms with van der Waals surface area (Å²) in [6.07, 6.45) is 0.214. The smallest absolute Gasteiger partial charge is 0.267 e. The highest BCUT2D eigenvalue weighted by atomic mass is 79.9. The van der Waals surface area contributed by atoms with E-state index in [4.69, 9.17) is 0 Å². The number of aliphatic hydroxyl groups is 1. The summed E-state index contributed by atoms with van der Waals surface area (Å²) in [5.74, 6) is -1.55. The number of H-pyrrole nitrogens is 2. The molecule has 7 heteroatoms. The third-order valence-electron chi connectivity index (χ3n) is 4.50. The van der Waals surface area contributed by atoms with Crippen molar-refractivity contribution in [1.29, 1.82) is 0 Å². The van der Waals surface area contributed by atoms with Gasteiger partial charge in [0, 0.05) is 35.1 Å². The van der Waals surface area contributed by atoms with E-state index in [9.17, 15) is 14.7 Å². The van der Waals surface area contributed by atoms with Crippen molar-refractivity contribution in [3.8, 4) is 0 Å². The van der Waals surface area contributed by atoms with Crippen molar-refractivity contribution in [2.75, 3.05) is 7.05 Å². The van der Waals surface area contributed by atoms with Crippen LogP contribution in [0.4, 0.5) is 0 Å². The molecule has 0 radical (unpaired) electrons. The maximum absolute atomic E-state index is 12.5. The van der Waals surface area contributed by atoms with Crippen molar-refractivity contribution in [2.24, 2.45) is 5.92 Å². The van der Waals surface area contributed by atoms with Gasteiger partial charge in [0.15, 0.2) is 0 Å². The Morgan fingerprint density at radius 3 is 2.61 bits per heavy atom. The van der Waals surface area contributed by atoms with Crippen LogP contribution >= 0.6 is 15.9 Å². The normalized spacial score (nSPS) is 26.6. The summed E-state index contributed by atoms with van der Waals surface area (Å²) in [7, 11) is 1.54. The Morgan fingerprint density at radius 1 is 1.35 bits per heavy atom. The Balaban J connectivity index is 2.24. The third-order valence-corrected chi connectivity index (χ3v) is 5.03.